The summed E-state index contributed by atoms with van der Waals surface area (Å²) >= 11 is 2.58. The first-order valence-corrected chi connectivity index (χ1v) is 8.13. The van der Waals surface area contributed by atoms with Gasteiger partial charge in [0, 0.05) is 12.1 Å². The van der Waals surface area contributed by atoms with Gasteiger partial charge in [0.2, 0.25) is 0 Å². The van der Waals surface area contributed by atoms with Gasteiger partial charge >= 0.3 is 0 Å². The number of benzene rings is 1. The first kappa shape index (κ1) is 15.1. The number of hydrogen-bond acceptors (Lipinski definition) is 5. The largest absolute Gasteiger partial charge is 0.304 e. The van der Waals surface area contributed by atoms with Gasteiger partial charge in [0.25, 0.3) is 11.6 Å². The summed E-state index contributed by atoms with van der Waals surface area (Å²) in [5.41, 5.74) is 0.567. The summed E-state index contributed by atoms with van der Waals surface area (Å²) in [7, 11) is 0. The Morgan fingerprint density at radius 3 is 2.91 bits per heavy atom. The van der Waals surface area contributed by atoms with Crippen LogP contribution in [0.25, 0.3) is 10.2 Å². The van der Waals surface area contributed by atoms with Gasteiger partial charge < -0.3 is 4.57 Å². The van der Waals surface area contributed by atoms with Crippen molar-refractivity contribution in [1.82, 2.24) is 4.57 Å². The van der Waals surface area contributed by atoms with E-state index in [0.29, 0.717) is 15.2 Å². The van der Waals surface area contributed by atoms with Gasteiger partial charge in [-0.1, -0.05) is 23.3 Å². The van der Waals surface area contributed by atoms with Gasteiger partial charge in [-0.15, -0.1) is 17.8 Å². The van der Waals surface area contributed by atoms with Gasteiger partial charge in [0.1, 0.15) is 0 Å². The lowest BCUT2D eigenvalue weighted by atomic mass is 10.3. The minimum absolute atomic E-state index is 0.0304. The number of amides is 1. The second-order valence-corrected chi connectivity index (χ2v) is 6.44. The van der Waals surface area contributed by atoms with Crippen molar-refractivity contribution in [2.24, 2.45) is 4.99 Å². The van der Waals surface area contributed by atoms with Crippen molar-refractivity contribution < 1.29 is 9.72 Å². The third-order valence-corrected chi connectivity index (χ3v) is 4.97. The lowest BCUT2D eigenvalue weighted by Crippen LogP contribution is -2.16. The molecule has 1 amide bonds. The van der Waals surface area contributed by atoms with E-state index in [1.807, 2.05) is 0 Å². The minimum atomic E-state index is -0.467. The van der Waals surface area contributed by atoms with E-state index >= 15 is 0 Å². The molecule has 0 radical (unpaired) electrons. The molecule has 8 heteroatoms. The van der Waals surface area contributed by atoms with E-state index in [0.717, 1.165) is 4.70 Å². The highest BCUT2D eigenvalue weighted by atomic mass is 32.1. The average molecular weight is 343 g/mol. The lowest BCUT2D eigenvalue weighted by Gasteiger charge is -1.99. The summed E-state index contributed by atoms with van der Waals surface area (Å²) < 4.78 is 2.42. The molecule has 0 fully saturated rings. The molecule has 6 nitrogen and oxygen atoms in total. The predicted octanol–water partition coefficient (Wildman–Crippen LogP) is 3.05. The Labute approximate surface area is 138 Å². The number of non-ortho nitro benzene ring substituents is 1. The molecule has 3 aromatic rings. The van der Waals surface area contributed by atoms with Crippen LogP contribution in [0.3, 0.4) is 0 Å². The zero-order valence-electron chi connectivity index (χ0n) is 11.6. The first-order valence-electron chi connectivity index (χ1n) is 6.44. The van der Waals surface area contributed by atoms with Crippen molar-refractivity contribution in [3.05, 3.63) is 55.5 Å². The van der Waals surface area contributed by atoms with Gasteiger partial charge in [0.15, 0.2) is 4.80 Å². The van der Waals surface area contributed by atoms with Crippen molar-refractivity contribution in [2.45, 2.75) is 6.54 Å². The molecule has 2 heterocycles. The van der Waals surface area contributed by atoms with E-state index in [1.54, 1.807) is 28.1 Å². The molecule has 0 bridgehead atoms. The van der Waals surface area contributed by atoms with Crippen molar-refractivity contribution in [1.29, 1.82) is 0 Å². The Kier molecular flexibility index (Phi) is 4.06. The number of nitrogens with zero attached hydrogens (tertiary/aromatic N) is 3. The number of thiophene rings is 1. The van der Waals surface area contributed by atoms with Gasteiger partial charge in [-0.2, -0.15) is 4.99 Å². The highest BCUT2D eigenvalue weighted by Crippen LogP contribution is 2.23. The molecular weight excluding hydrogens is 334 g/mol. The van der Waals surface area contributed by atoms with Crippen molar-refractivity contribution >= 4 is 44.5 Å². The third-order valence-electron chi connectivity index (χ3n) is 3.05. The number of rotatable bonds is 3. The number of thiazole rings is 1. The first-order chi connectivity index (χ1) is 11.1. The second-order valence-electron chi connectivity index (χ2n) is 4.48. The zero-order chi connectivity index (χ0) is 16.4. The summed E-state index contributed by atoms with van der Waals surface area (Å²) in [6.45, 7) is 0.178. The molecule has 2 aromatic heterocycles. The number of aromatic nitrogens is 1. The lowest BCUT2D eigenvalue weighted by molar-refractivity contribution is -0.384. The molecule has 0 N–H and O–H groups in total. The number of terminal acetylenes is 1. The quantitative estimate of drug-likeness (QED) is 0.416. The smallest absolute Gasteiger partial charge is 0.289 e. The normalized spacial score (nSPS) is 11.5. The van der Waals surface area contributed by atoms with Crippen molar-refractivity contribution in [2.75, 3.05) is 0 Å². The Morgan fingerprint density at radius 2 is 2.26 bits per heavy atom. The summed E-state index contributed by atoms with van der Waals surface area (Å²) in [5.74, 6) is 2.14. The number of nitro benzene ring substituents is 1. The molecule has 0 spiro atoms. The van der Waals surface area contributed by atoms with Crippen LogP contribution in [0, 0.1) is 22.5 Å². The highest BCUT2D eigenvalue weighted by Gasteiger charge is 2.13. The highest BCUT2D eigenvalue weighted by molar-refractivity contribution is 7.16. The monoisotopic (exact) mass is 343 g/mol. The van der Waals surface area contributed by atoms with Crippen LogP contribution in [0.2, 0.25) is 0 Å². The number of fused-ring (bicyclic) bond motifs is 1. The molecule has 0 aliphatic heterocycles. The number of carbonyl (C=O) groups excluding carboxylic acids is 1. The SMILES string of the molecule is C#CCn1c(=NC(=O)c2cccs2)sc2ccc([N+](=O)[O-])cc21. The van der Waals surface area contributed by atoms with E-state index in [2.05, 4.69) is 10.9 Å². The summed E-state index contributed by atoms with van der Waals surface area (Å²) in [6.07, 6.45) is 5.38. The molecule has 114 valence electrons. The Morgan fingerprint density at radius 1 is 1.43 bits per heavy atom. The molecule has 0 aliphatic carbocycles. The topological polar surface area (TPSA) is 77.5 Å². The van der Waals surface area contributed by atoms with Crippen molar-refractivity contribution in [3.63, 3.8) is 0 Å². The van der Waals surface area contributed by atoms with Crippen molar-refractivity contribution in [3.8, 4) is 12.3 Å². The molecule has 0 saturated carbocycles. The maximum atomic E-state index is 12.2. The summed E-state index contributed by atoms with van der Waals surface area (Å²) in [6, 6.07) is 7.97. The minimum Gasteiger partial charge on any atom is -0.304 e. The maximum Gasteiger partial charge on any atom is 0.289 e. The maximum absolute atomic E-state index is 12.2. The molecular formula is C15H9N3O3S2. The van der Waals surface area contributed by atoms with E-state index < -0.39 is 4.92 Å². The van der Waals surface area contributed by atoms with E-state index in [1.165, 1.54) is 34.8 Å². The standard InChI is InChI=1S/C15H9N3O3S2/c1-2-7-17-11-9-10(18(20)21)5-6-12(11)23-15(17)16-14(19)13-4-3-8-22-13/h1,3-6,8-9H,7H2. The van der Waals surface area contributed by atoms with Gasteiger partial charge in [-0.3, -0.25) is 14.9 Å². The zero-order valence-corrected chi connectivity index (χ0v) is 13.3. The fourth-order valence-electron chi connectivity index (χ4n) is 2.04. The molecule has 0 atom stereocenters. The summed E-state index contributed by atoms with van der Waals surface area (Å²) in [4.78, 5) is 27.7. The number of hydrogen-bond donors (Lipinski definition) is 0. The number of carbonyl (C=O) groups is 1. The fourth-order valence-corrected chi connectivity index (χ4v) is 3.66. The van der Waals surface area contributed by atoms with Crippen LogP contribution in [-0.4, -0.2) is 15.4 Å². The molecule has 0 aliphatic rings. The van der Waals surface area contributed by atoms with Crippen LogP contribution in [0.15, 0.2) is 40.7 Å². The van der Waals surface area contributed by atoms with Crippen LogP contribution in [0.5, 0.6) is 0 Å². The Hall–Kier alpha value is -2.76. The Bertz CT molecular complexity index is 1010. The van der Waals surface area contributed by atoms with Gasteiger partial charge in [0.05, 0.1) is 26.6 Å². The van der Waals surface area contributed by atoms with Gasteiger partial charge in [-0.25, -0.2) is 0 Å². The van der Waals surface area contributed by atoms with E-state index in [-0.39, 0.29) is 18.1 Å². The van der Waals surface area contributed by atoms with Crippen LogP contribution in [-0.2, 0) is 6.54 Å². The van der Waals surface area contributed by atoms with Crippen LogP contribution in [0.1, 0.15) is 9.67 Å². The van der Waals surface area contributed by atoms with E-state index in [4.69, 9.17) is 6.42 Å². The number of nitro groups is 1. The molecule has 3 rings (SSSR count). The molecule has 0 unspecified atom stereocenters. The van der Waals surface area contributed by atoms with Crippen LogP contribution < -0.4 is 4.80 Å². The predicted molar refractivity (Wildman–Crippen MR) is 89.5 cm³/mol. The molecule has 1 aromatic carbocycles. The third kappa shape index (κ3) is 2.92. The van der Waals surface area contributed by atoms with Crippen LogP contribution >= 0.6 is 22.7 Å². The second kappa shape index (κ2) is 6.16. The fraction of sp³-hybridized carbons (Fsp3) is 0.0667. The van der Waals surface area contributed by atoms with Gasteiger partial charge in [-0.05, 0) is 17.5 Å². The summed E-state index contributed by atoms with van der Waals surface area (Å²) in [5, 5.41) is 12.7. The molecule has 0 saturated heterocycles. The van der Waals surface area contributed by atoms with E-state index in [9.17, 15) is 14.9 Å². The molecule has 23 heavy (non-hydrogen) atoms. The average Bonchev–Trinajstić information content (AvgIpc) is 3.16. The van der Waals surface area contributed by atoms with Crippen LogP contribution in [0.4, 0.5) is 5.69 Å². The Balaban J connectivity index is 2.20.